The summed E-state index contributed by atoms with van der Waals surface area (Å²) in [6.07, 6.45) is 7.88. The molecule has 1 unspecified atom stereocenters. The molecule has 2 aliphatic heterocycles. The maximum atomic E-state index is 11.3. The van der Waals surface area contributed by atoms with Crippen LogP contribution in [0.4, 0.5) is 0 Å². The highest BCUT2D eigenvalue weighted by Crippen LogP contribution is 2.35. The monoisotopic (exact) mass is 306 g/mol. The highest BCUT2D eigenvalue weighted by atomic mass is 16.5. The van der Waals surface area contributed by atoms with Crippen LogP contribution >= 0.6 is 0 Å². The smallest absolute Gasteiger partial charge is 0.217 e. The van der Waals surface area contributed by atoms with Crippen LogP contribution in [0.5, 0.6) is 0 Å². The Bertz CT molecular complexity index is 520. The van der Waals surface area contributed by atoms with Gasteiger partial charge in [-0.25, -0.2) is 4.98 Å². The average molecular weight is 306 g/mol. The molecular formula is C16H26N4O2. The Morgan fingerprint density at radius 1 is 1.50 bits per heavy atom. The molecule has 0 aliphatic carbocycles. The highest BCUT2D eigenvalue weighted by Gasteiger charge is 2.40. The van der Waals surface area contributed by atoms with Gasteiger partial charge in [-0.05, 0) is 25.7 Å². The van der Waals surface area contributed by atoms with Gasteiger partial charge in [0, 0.05) is 52.5 Å². The SMILES string of the molecule is CC(=O)NC1CCOC2(CCN(Cc3cn(C)cn3)CC2)C1. The van der Waals surface area contributed by atoms with Gasteiger partial charge in [-0.3, -0.25) is 9.69 Å². The van der Waals surface area contributed by atoms with Crippen molar-refractivity contribution in [3.63, 3.8) is 0 Å². The van der Waals surface area contributed by atoms with Gasteiger partial charge in [-0.15, -0.1) is 0 Å². The summed E-state index contributed by atoms with van der Waals surface area (Å²) in [7, 11) is 2.00. The molecule has 1 atom stereocenters. The number of ether oxygens (including phenoxy) is 1. The molecule has 2 fully saturated rings. The van der Waals surface area contributed by atoms with Gasteiger partial charge < -0.3 is 14.6 Å². The number of hydrogen-bond donors (Lipinski definition) is 1. The molecule has 0 radical (unpaired) electrons. The first-order valence-corrected chi connectivity index (χ1v) is 8.15. The van der Waals surface area contributed by atoms with Crippen molar-refractivity contribution in [3.05, 3.63) is 18.2 Å². The second-order valence-corrected chi connectivity index (χ2v) is 6.73. The molecule has 0 bridgehead atoms. The maximum Gasteiger partial charge on any atom is 0.217 e. The fourth-order valence-corrected chi connectivity index (χ4v) is 3.68. The summed E-state index contributed by atoms with van der Waals surface area (Å²) in [5, 5.41) is 3.06. The molecule has 0 saturated carbocycles. The van der Waals surface area contributed by atoms with Crippen LogP contribution in [0.1, 0.15) is 38.3 Å². The molecule has 0 aromatic carbocycles. The van der Waals surface area contributed by atoms with Gasteiger partial charge >= 0.3 is 0 Å². The van der Waals surface area contributed by atoms with Crippen molar-refractivity contribution in [3.8, 4) is 0 Å². The summed E-state index contributed by atoms with van der Waals surface area (Å²) in [4.78, 5) is 18.1. The topological polar surface area (TPSA) is 59.4 Å². The fraction of sp³-hybridized carbons (Fsp3) is 0.750. The Morgan fingerprint density at radius 3 is 2.91 bits per heavy atom. The molecule has 1 N–H and O–H groups in total. The first kappa shape index (κ1) is 15.5. The third-order valence-corrected chi connectivity index (χ3v) is 4.81. The minimum Gasteiger partial charge on any atom is -0.375 e. The lowest BCUT2D eigenvalue weighted by atomic mass is 9.82. The molecule has 3 heterocycles. The molecule has 1 amide bonds. The van der Waals surface area contributed by atoms with Gasteiger partial charge in [0.1, 0.15) is 0 Å². The van der Waals surface area contributed by atoms with Gasteiger partial charge in [0.15, 0.2) is 0 Å². The number of nitrogens with zero attached hydrogens (tertiary/aromatic N) is 3. The van der Waals surface area contributed by atoms with Crippen LogP contribution in [0.15, 0.2) is 12.5 Å². The second kappa shape index (κ2) is 6.38. The number of carbonyl (C=O) groups excluding carboxylic acids is 1. The van der Waals surface area contributed by atoms with Gasteiger partial charge in [0.2, 0.25) is 5.91 Å². The van der Waals surface area contributed by atoms with E-state index in [2.05, 4.69) is 21.4 Å². The van der Waals surface area contributed by atoms with Gasteiger partial charge in [0.25, 0.3) is 0 Å². The number of amides is 1. The number of aryl methyl sites for hydroxylation is 1. The van der Waals surface area contributed by atoms with E-state index in [1.807, 2.05) is 17.9 Å². The Morgan fingerprint density at radius 2 is 2.27 bits per heavy atom. The van der Waals surface area contributed by atoms with Crippen molar-refractivity contribution in [1.29, 1.82) is 0 Å². The minimum atomic E-state index is -0.0357. The van der Waals surface area contributed by atoms with Gasteiger partial charge in [0.05, 0.1) is 17.6 Å². The fourth-order valence-electron chi connectivity index (χ4n) is 3.68. The van der Waals surface area contributed by atoms with Crippen LogP contribution in [0.25, 0.3) is 0 Å². The van der Waals surface area contributed by atoms with Gasteiger partial charge in [-0.1, -0.05) is 0 Å². The van der Waals surface area contributed by atoms with Crippen molar-refractivity contribution in [2.45, 2.75) is 50.8 Å². The first-order chi connectivity index (χ1) is 10.5. The van der Waals surface area contributed by atoms with Crippen LogP contribution in [-0.4, -0.2) is 51.7 Å². The van der Waals surface area contributed by atoms with Crippen molar-refractivity contribution in [1.82, 2.24) is 19.8 Å². The molecular weight excluding hydrogens is 280 g/mol. The predicted molar refractivity (Wildman–Crippen MR) is 83.2 cm³/mol. The molecule has 2 saturated heterocycles. The summed E-state index contributed by atoms with van der Waals surface area (Å²) in [5.74, 6) is 0.0645. The molecule has 1 aromatic rings. The zero-order valence-corrected chi connectivity index (χ0v) is 13.5. The lowest BCUT2D eigenvalue weighted by molar-refractivity contribution is -0.130. The summed E-state index contributed by atoms with van der Waals surface area (Å²) >= 11 is 0. The van der Waals surface area contributed by atoms with E-state index in [1.54, 1.807) is 6.92 Å². The van der Waals surface area contributed by atoms with Crippen LogP contribution in [0.2, 0.25) is 0 Å². The van der Waals surface area contributed by atoms with E-state index in [0.29, 0.717) is 0 Å². The zero-order chi connectivity index (χ0) is 15.6. The van der Waals surface area contributed by atoms with E-state index in [9.17, 15) is 4.79 Å². The summed E-state index contributed by atoms with van der Waals surface area (Å²) in [5.41, 5.74) is 1.09. The van der Waals surface area contributed by atoms with Gasteiger partial charge in [-0.2, -0.15) is 0 Å². The lowest BCUT2D eigenvalue weighted by Crippen LogP contribution is -2.53. The number of piperidine rings is 1. The first-order valence-electron chi connectivity index (χ1n) is 8.15. The summed E-state index contributed by atoms with van der Waals surface area (Å²) in [6.45, 7) is 5.32. The van der Waals surface area contributed by atoms with Crippen LogP contribution in [0, 0.1) is 0 Å². The van der Waals surface area contributed by atoms with E-state index in [1.165, 1.54) is 0 Å². The van der Waals surface area contributed by atoms with Crippen LogP contribution in [0.3, 0.4) is 0 Å². The van der Waals surface area contributed by atoms with Crippen molar-refractivity contribution >= 4 is 5.91 Å². The van der Waals surface area contributed by atoms with Crippen molar-refractivity contribution in [2.24, 2.45) is 7.05 Å². The number of imidazole rings is 1. The lowest BCUT2D eigenvalue weighted by Gasteiger charge is -2.46. The number of carbonyl (C=O) groups is 1. The van der Waals surface area contributed by atoms with Crippen LogP contribution in [-0.2, 0) is 23.1 Å². The number of rotatable bonds is 3. The van der Waals surface area contributed by atoms with E-state index < -0.39 is 0 Å². The van der Waals surface area contributed by atoms with E-state index in [4.69, 9.17) is 4.74 Å². The van der Waals surface area contributed by atoms with Crippen molar-refractivity contribution < 1.29 is 9.53 Å². The Balaban J connectivity index is 1.52. The Kier molecular flexibility index (Phi) is 4.49. The number of nitrogens with one attached hydrogen (secondary N) is 1. The Hall–Kier alpha value is -1.40. The molecule has 3 rings (SSSR count). The molecule has 122 valence electrons. The molecule has 22 heavy (non-hydrogen) atoms. The molecule has 1 aromatic heterocycles. The van der Waals surface area contributed by atoms with Crippen LogP contribution < -0.4 is 5.32 Å². The van der Waals surface area contributed by atoms with Crippen molar-refractivity contribution in [2.75, 3.05) is 19.7 Å². The summed E-state index contributed by atoms with van der Waals surface area (Å²) in [6, 6.07) is 0.272. The normalized spacial score (nSPS) is 25.3. The largest absolute Gasteiger partial charge is 0.375 e. The molecule has 1 spiro atoms. The molecule has 6 heteroatoms. The number of aromatic nitrogens is 2. The number of hydrogen-bond acceptors (Lipinski definition) is 4. The number of likely N-dealkylation sites (tertiary alicyclic amines) is 1. The molecule has 2 aliphatic rings. The standard InChI is InChI=1S/C16H26N4O2/c1-13(21)18-14-3-8-22-16(9-14)4-6-20(7-5-16)11-15-10-19(2)12-17-15/h10,12,14H,3-9,11H2,1-2H3,(H,18,21). The van der Waals surface area contributed by atoms with E-state index in [0.717, 1.165) is 57.6 Å². The quantitative estimate of drug-likeness (QED) is 0.907. The predicted octanol–water partition coefficient (Wildman–Crippen LogP) is 1.07. The molecule has 6 nitrogen and oxygen atoms in total. The third-order valence-electron chi connectivity index (χ3n) is 4.81. The highest BCUT2D eigenvalue weighted by molar-refractivity contribution is 5.73. The average Bonchev–Trinajstić information content (AvgIpc) is 2.87. The maximum absolute atomic E-state index is 11.3. The van der Waals surface area contributed by atoms with E-state index in [-0.39, 0.29) is 17.6 Å². The second-order valence-electron chi connectivity index (χ2n) is 6.73. The zero-order valence-electron chi connectivity index (χ0n) is 13.5. The Labute approximate surface area is 131 Å². The van der Waals surface area contributed by atoms with E-state index >= 15 is 0 Å². The minimum absolute atomic E-state index is 0.0357. The third kappa shape index (κ3) is 3.67. The summed E-state index contributed by atoms with van der Waals surface area (Å²) < 4.78 is 8.11.